The molecule has 0 atom stereocenters. The number of aryl methyl sites for hydroxylation is 1. The van der Waals surface area contributed by atoms with Crippen molar-refractivity contribution in [2.75, 3.05) is 25.2 Å². The van der Waals surface area contributed by atoms with Crippen LogP contribution in [0.3, 0.4) is 0 Å². The number of amides is 1. The number of rotatable bonds is 6. The Morgan fingerprint density at radius 3 is 2.46 bits per heavy atom. The number of ether oxygens (including phenoxy) is 2. The Labute approximate surface area is 225 Å². The first-order valence-electron chi connectivity index (χ1n) is 12.7. The van der Waals surface area contributed by atoms with Crippen molar-refractivity contribution < 1.29 is 19.1 Å². The second kappa shape index (κ2) is 10.1. The molecule has 2 aromatic heterocycles. The predicted octanol–water partition coefficient (Wildman–Crippen LogP) is 5.15. The van der Waals surface area contributed by atoms with Crippen molar-refractivity contribution in [3.05, 3.63) is 102 Å². The van der Waals surface area contributed by atoms with Crippen LogP contribution < -0.4 is 9.64 Å². The molecule has 3 heterocycles. The average molecular weight is 519 g/mol. The van der Waals surface area contributed by atoms with Crippen molar-refractivity contribution in [1.29, 1.82) is 0 Å². The van der Waals surface area contributed by atoms with Crippen LogP contribution in [-0.4, -0.2) is 46.9 Å². The van der Waals surface area contributed by atoms with E-state index in [9.17, 15) is 9.59 Å². The molecule has 39 heavy (non-hydrogen) atoms. The van der Waals surface area contributed by atoms with E-state index in [1.807, 2.05) is 85.8 Å². The highest BCUT2D eigenvalue weighted by molar-refractivity contribution is 6.06. The van der Waals surface area contributed by atoms with Gasteiger partial charge in [-0.3, -0.25) is 4.79 Å². The Balaban J connectivity index is 1.37. The molecular weight excluding hydrogens is 492 g/mol. The summed E-state index contributed by atoms with van der Waals surface area (Å²) in [6.45, 7) is 2.04. The molecule has 0 radical (unpaired) electrons. The van der Waals surface area contributed by atoms with Crippen LogP contribution in [0, 0.1) is 6.92 Å². The number of hydrogen-bond donors (Lipinski definition) is 0. The maximum Gasteiger partial charge on any atom is 0.339 e. The topological polar surface area (TPSA) is 86.5 Å². The first-order valence-corrected chi connectivity index (χ1v) is 12.7. The van der Waals surface area contributed by atoms with Gasteiger partial charge in [0.2, 0.25) is 0 Å². The minimum atomic E-state index is -0.603. The fourth-order valence-corrected chi connectivity index (χ4v) is 4.99. The number of carbonyl (C=O) groups excluding carboxylic acids is 2. The molecule has 0 saturated heterocycles. The Hall–Kier alpha value is -4.98. The molecule has 0 unspecified atom stereocenters. The number of carbonyl (C=O) groups is 2. The van der Waals surface area contributed by atoms with Crippen LogP contribution in [0.1, 0.15) is 21.6 Å². The third-order valence-corrected chi connectivity index (χ3v) is 6.93. The zero-order chi connectivity index (χ0) is 26.9. The van der Waals surface area contributed by atoms with E-state index in [1.165, 1.54) is 0 Å². The highest BCUT2D eigenvalue weighted by atomic mass is 16.5. The molecule has 0 N–H and O–H groups in total. The summed E-state index contributed by atoms with van der Waals surface area (Å²) >= 11 is 0. The van der Waals surface area contributed by atoms with Crippen LogP contribution in [0.4, 0.5) is 5.69 Å². The standard InChI is InChI=1S/C31H26N4O4/c1-20-29-25(31(37)39-19-28(36)34-17-16-22-8-6-7-11-27(22)34)18-26(21-12-14-24(38-2)15-13-21)32-30(29)35(33-20)23-9-4-3-5-10-23/h3-15,18H,16-17,19H2,1-2H3. The molecule has 0 saturated carbocycles. The fraction of sp³-hybridized carbons (Fsp3) is 0.161. The summed E-state index contributed by atoms with van der Waals surface area (Å²) < 4.78 is 12.6. The SMILES string of the molecule is COc1ccc(-c2cc(C(=O)OCC(=O)N3CCc4ccccc43)c3c(C)nn(-c4ccccc4)c3n2)cc1. The number of fused-ring (bicyclic) bond motifs is 2. The number of anilines is 1. The van der Waals surface area contributed by atoms with E-state index in [0.29, 0.717) is 40.3 Å². The Bertz CT molecular complexity index is 1690. The van der Waals surface area contributed by atoms with Gasteiger partial charge in [0.1, 0.15) is 5.75 Å². The molecule has 0 spiro atoms. The van der Waals surface area contributed by atoms with E-state index in [4.69, 9.17) is 19.6 Å². The molecular formula is C31H26N4O4. The maximum absolute atomic E-state index is 13.5. The number of aromatic nitrogens is 3. The lowest BCUT2D eigenvalue weighted by molar-refractivity contribution is -0.121. The van der Waals surface area contributed by atoms with Gasteiger partial charge in [0.05, 0.1) is 35.1 Å². The number of pyridine rings is 1. The average Bonchev–Trinajstić information content (AvgIpc) is 3.57. The molecule has 6 rings (SSSR count). The minimum absolute atomic E-state index is 0.259. The molecule has 1 aliphatic heterocycles. The van der Waals surface area contributed by atoms with Gasteiger partial charge in [-0.1, -0.05) is 36.4 Å². The molecule has 0 fully saturated rings. The van der Waals surface area contributed by atoms with Crippen molar-refractivity contribution in [2.45, 2.75) is 13.3 Å². The first-order chi connectivity index (χ1) is 19.0. The van der Waals surface area contributed by atoms with Gasteiger partial charge < -0.3 is 14.4 Å². The summed E-state index contributed by atoms with van der Waals surface area (Å²) in [7, 11) is 1.61. The summed E-state index contributed by atoms with van der Waals surface area (Å²) in [5.41, 5.74) is 5.64. The number of nitrogens with zero attached hydrogens (tertiary/aromatic N) is 4. The number of esters is 1. The van der Waals surface area contributed by atoms with E-state index in [0.717, 1.165) is 28.9 Å². The number of hydrogen-bond acceptors (Lipinski definition) is 6. The fourth-order valence-electron chi connectivity index (χ4n) is 4.99. The zero-order valence-electron chi connectivity index (χ0n) is 21.6. The molecule has 5 aromatic rings. The van der Waals surface area contributed by atoms with Gasteiger partial charge in [-0.2, -0.15) is 5.10 Å². The second-order valence-electron chi connectivity index (χ2n) is 9.32. The van der Waals surface area contributed by atoms with Crippen LogP contribution in [0.25, 0.3) is 28.0 Å². The van der Waals surface area contributed by atoms with E-state index in [-0.39, 0.29) is 12.5 Å². The molecule has 1 aliphatic rings. The molecule has 1 amide bonds. The van der Waals surface area contributed by atoms with Crippen LogP contribution >= 0.6 is 0 Å². The Morgan fingerprint density at radius 1 is 0.949 bits per heavy atom. The van der Waals surface area contributed by atoms with Gasteiger partial charge in [-0.15, -0.1) is 0 Å². The number of methoxy groups -OCH3 is 1. The lowest BCUT2D eigenvalue weighted by Gasteiger charge is -2.17. The number of benzene rings is 3. The van der Waals surface area contributed by atoms with Crippen LogP contribution in [0.5, 0.6) is 5.75 Å². The largest absolute Gasteiger partial charge is 0.497 e. The van der Waals surface area contributed by atoms with E-state index in [2.05, 4.69) is 0 Å². The molecule has 0 bridgehead atoms. The normalized spacial score (nSPS) is 12.4. The van der Waals surface area contributed by atoms with Gasteiger partial charge in [-0.05, 0) is 67.4 Å². The summed E-state index contributed by atoms with van der Waals surface area (Å²) in [6, 6.07) is 26.5. The van der Waals surface area contributed by atoms with Crippen LogP contribution in [0.15, 0.2) is 84.9 Å². The Morgan fingerprint density at radius 2 is 1.69 bits per heavy atom. The van der Waals surface area contributed by atoms with Gasteiger partial charge in [0.15, 0.2) is 12.3 Å². The van der Waals surface area contributed by atoms with Crippen molar-refractivity contribution >= 4 is 28.6 Å². The van der Waals surface area contributed by atoms with Crippen molar-refractivity contribution in [3.8, 4) is 22.7 Å². The van der Waals surface area contributed by atoms with Crippen molar-refractivity contribution in [1.82, 2.24) is 14.8 Å². The van der Waals surface area contributed by atoms with Gasteiger partial charge in [0.25, 0.3) is 5.91 Å². The van der Waals surface area contributed by atoms with Gasteiger partial charge >= 0.3 is 5.97 Å². The zero-order valence-corrected chi connectivity index (χ0v) is 21.6. The Kier molecular flexibility index (Phi) is 6.28. The minimum Gasteiger partial charge on any atom is -0.497 e. The highest BCUT2D eigenvalue weighted by Crippen LogP contribution is 2.31. The van der Waals surface area contributed by atoms with Gasteiger partial charge in [0, 0.05) is 17.8 Å². The molecule has 3 aromatic carbocycles. The summed E-state index contributed by atoms with van der Waals surface area (Å²) in [5, 5.41) is 5.28. The predicted molar refractivity (Wildman–Crippen MR) is 148 cm³/mol. The van der Waals surface area contributed by atoms with Gasteiger partial charge in [-0.25, -0.2) is 14.5 Å². The van der Waals surface area contributed by atoms with E-state index >= 15 is 0 Å². The first kappa shape index (κ1) is 24.4. The van der Waals surface area contributed by atoms with Crippen molar-refractivity contribution in [3.63, 3.8) is 0 Å². The second-order valence-corrected chi connectivity index (χ2v) is 9.32. The third-order valence-electron chi connectivity index (χ3n) is 6.93. The smallest absolute Gasteiger partial charge is 0.339 e. The van der Waals surface area contributed by atoms with Crippen LogP contribution in [-0.2, 0) is 16.0 Å². The molecule has 8 heteroatoms. The highest BCUT2D eigenvalue weighted by Gasteiger charge is 2.27. The van der Waals surface area contributed by atoms with Crippen molar-refractivity contribution in [2.24, 2.45) is 0 Å². The lowest BCUT2D eigenvalue weighted by Crippen LogP contribution is -2.33. The van der Waals surface area contributed by atoms with E-state index in [1.54, 1.807) is 22.8 Å². The molecule has 0 aliphatic carbocycles. The summed E-state index contributed by atoms with van der Waals surface area (Å²) in [5.74, 6) is -0.147. The van der Waals surface area contributed by atoms with E-state index < -0.39 is 5.97 Å². The quantitative estimate of drug-likeness (QED) is 0.289. The number of para-hydroxylation sites is 2. The monoisotopic (exact) mass is 518 g/mol. The maximum atomic E-state index is 13.5. The lowest BCUT2D eigenvalue weighted by atomic mass is 10.1. The summed E-state index contributed by atoms with van der Waals surface area (Å²) in [4.78, 5) is 33.1. The van der Waals surface area contributed by atoms with Crippen LogP contribution in [0.2, 0.25) is 0 Å². The third kappa shape index (κ3) is 4.50. The summed E-state index contributed by atoms with van der Waals surface area (Å²) in [6.07, 6.45) is 0.782. The molecule has 194 valence electrons. The molecule has 8 nitrogen and oxygen atoms in total.